The van der Waals surface area contributed by atoms with Gasteiger partial charge in [-0.1, -0.05) is 26.8 Å². The quantitative estimate of drug-likeness (QED) is 0.120. The molecule has 4 N–H and O–H groups in total. The largest absolute Gasteiger partial charge is 0.465 e. The normalized spacial score (nSPS) is 34.4. The molecule has 4 fully saturated rings. The van der Waals surface area contributed by atoms with E-state index in [1.807, 2.05) is 40.3 Å². The van der Waals surface area contributed by atoms with Crippen molar-refractivity contribution in [1.29, 1.82) is 0 Å². The van der Waals surface area contributed by atoms with Crippen molar-refractivity contribution in [2.24, 2.45) is 17.8 Å². The molecule has 1 aromatic carbocycles. The third kappa shape index (κ3) is 12.9. The van der Waals surface area contributed by atoms with E-state index >= 15 is 4.39 Å². The van der Waals surface area contributed by atoms with Crippen LogP contribution in [0.1, 0.15) is 110 Å². The van der Waals surface area contributed by atoms with Gasteiger partial charge in [-0.25, -0.2) is 9.18 Å². The Morgan fingerprint density at radius 2 is 1.70 bits per heavy atom. The molecule has 73 heavy (non-hydrogen) atoms. The lowest BCUT2D eigenvalue weighted by atomic mass is 9.78. The summed E-state index contributed by atoms with van der Waals surface area (Å²) in [5, 5.41) is 38.1. The van der Waals surface area contributed by atoms with Crippen molar-refractivity contribution in [1.82, 2.24) is 19.7 Å². The van der Waals surface area contributed by atoms with Gasteiger partial charge in [-0.15, -0.1) is 6.58 Å². The lowest BCUT2D eigenvalue weighted by Crippen LogP contribution is -2.60. The minimum absolute atomic E-state index is 0.0208. The van der Waals surface area contributed by atoms with Crippen LogP contribution in [0.5, 0.6) is 0 Å². The van der Waals surface area contributed by atoms with E-state index in [1.54, 1.807) is 46.8 Å². The second-order valence-corrected chi connectivity index (χ2v) is 21.5. The van der Waals surface area contributed by atoms with Gasteiger partial charge in [-0.2, -0.15) is 0 Å². The molecule has 0 unspecified atom stereocenters. The van der Waals surface area contributed by atoms with E-state index in [9.17, 15) is 39.3 Å². The second kappa shape index (κ2) is 24.0. The summed E-state index contributed by atoms with van der Waals surface area (Å²) in [7, 11) is 4.90. The number of nitrogens with one attached hydrogen (secondary N) is 1. The van der Waals surface area contributed by atoms with Crippen LogP contribution >= 0.6 is 0 Å². The number of amides is 1. The Hall–Kier alpha value is -4.54. The van der Waals surface area contributed by atoms with Gasteiger partial charge in [0.15, 0.2) is 6.29 Å². The number of aromatic nitrogens is 1. The summed E-state index contributed by atoms with van der Waals surface area (Å²) >= 11 is 0. The molecule has 1 saturated carbocycles. The highest BCUT2D eigenvalue weighted by molar-refractivity contribution is 5.94. The van der Waals surface area contributed by atoms with E-state index in [4.69, 9.17) is 28.4 Å². The lowest BCUT2D eigenvalue weighted by Gasteiger charge is -2.48. The molecule has 14 atom stereocenters. The first kappa shape index (κ1) is 57.7. The van der Waals surface area contributed by atoms with E-state index in [2.05, 4.69) is 11.9 Å². The predicted octanol–water partition coefficient (Wildman–Crippen LogP) is 3.71. The number of nitrogens with zero attached hydrogens (tertiary/aromatic N) is 4. The minimum atomic E-state index is -2.08. The zero-order valence-corrected chi connectivity index (χ0v) is 44.5. The molecule has 1 amide bonds. The highest BCUT2D eigenvalue weighted by Gasteiger charge is 2.52. The van der Waals surface area contributed by atoms with E-state index in [1.165, 1.54) is 33.2 Å². The van der Waals surface area contributed by atoms with Crippen molar-refractivity contribution >= 4 is 40.4 Å². The summed E-state index contributed by atoms with van der Waals surface area (Å²) in [5.41, 5.74) is -3.35. The third-order valence-corrected chi connectivity index (χ3v) is 15.5. The molecule has 408 valence electrons. The summed E-state index contributed by atoms with van der Waals surface area (Å²) < 4.78 is 54.7. The molecule has 3 saturated heterocycles. The molecular formula is C53H80FN5O14. The Morgan fingerprint density at radius 3 is 2.30 bits per heavy atom. The first-order chi connectivity index (χ1) is 34.4. The first-order valence-electron chi connectivity index (χ1n) is 25.8. The fourth-order valence-electron chi connectivity index (χ4n) is 11.0. The van der Waals surface area contributed by atoms with Crippen LogP contribution in [0.4, 0.5) is 10.1 Å². The molecule has 20 heteroatoms. The standard InChI is InChI=1S/C53H80FN5O14/c1-13-23-69-52(8)27-29(3)55-48(64)33(7)46(63)53(9,67)41(14-2)71-49(65)32(6)45(31(5)47(52)73-51-44(62)40(56(10)11)24-30(4)70-51)72-42(60)17-18-57-19-21-58(22-20-57)39-26-38-35(25-37(39)54)43(61)36(50(66)68-12)28-59(38)34-15-16-34/h13,25-26,28-34,40-41,44-47,51,62-63,67H,1,14-24,27H2,2-12H3,(H,55,64)/t29-,30-,31+,32-,33-,40+,41-,44-,45+,46-,47-,51+,52-,53-/m1/s1. The molecule has 0 radical (unpaired) electrons. The van der Waals surface area contributed by atoms with Crippen LogP contribution in [0.15, 0.2) is 35.8 Å². The molecule has 0 spiro atoms. The van der Waals surface area contributed by atoms with E-state index in [-0.39, 0.29) is 61.6 Å². The molecule has 6 rings (SSSR count). The van der Waals surface area contributed by atoms with Gasteiger partial charge >= 0.3 is 17.9 Å². The molecule has 4 aliphatic rings. The average Bonchev–Trinajstić information content (AvgIpc) is 4.20. The molecule has 19 nitrogen and oxygen atoms in total. The maximum atomic E-state index is 15.9. The van der Waals surface area contributed by atoms with Gasteiger partial charge in [0.1, 0.15) is 35.3 Å². The van der Waals surface area contributed by atoms with Gasteiger partial charge in [0.25, 0.3) is 0 Å². The number of fused-ring (bicyclic) bond motifs is 1. The number of hydrogen-bond donors (Lipinski definition) is 4. The summed E-state index contributed by atoms with van der Waals surface area (Å²) in [6, 6.07) is 1.92. The number of methoxy groups -OCH3 is 1. The fourth-order valence-corrected chi connectivity index (χ4v) is 11.0. The van der Waals surface area contributed by atoms with E-state index in [0.717, 1.165) is 12.8 Å². The molecule has 1 aromatic heterocycles. The van der Waals surface area contributed by atoms with Gasteiger partial charge in [-0.3, -0.25) is 24.1 Å². The van der Waals surface area contributed by atoms with Gasteiger partial charge in [0.05, 0.1) is 67.1 Å². The van der Waals surface area contributed by atoms with Gasteiger partial charge < -0.3 is 63.4 Å². The number of carbonyl (C=O) groups excluding carboxylic acids is 4. The lowest BCUT2D eigenvalue weighted by molar-refractivity contribution is -0.302. The monoisotopic (exact) mass is 1030 g/mol. The van der Waals surface area contributed by atoms with Crippen molar-refractivity contribution < 1.29 is 67.3 Å². The minimum Gasteiger partial charge on any atom is -0.465 e. The number of carbonyl (C=O) groups is 4. The van der Waals surface area contributed by atoms with Crippen LogP contribution in [-0.2, 0) is 42.8 Å². The number of hydrogen-bond acceptors (Lipinski definition) is 17. The summed E-state index contributed by atoms with van der Waals surface area (Å²) in [6.07, 6.45) is -2.69. The number of cyclic esters (lactones) is 1. The van der Waals surface area contributed by atoms with Crippen molar-refractivity contribution in [2.45, 2.75) is 166 Å². The Balaban J connectivity index is 1.28. The third-order valence-electron chi connectivity index (χ3n) is 15.5. The number of aliphatic hydroxyl groups is 3. The number of rotatable bonds is 14. The summed E-state index contributed by atoms with van der Waals surface area (Å²) in [6.45, 7) is 19.0. The number of piperazine rings is 1. The van der Waals surface area contributed by atoms with Crippen LogP contribution < -0.4 is 15.6 Å². The number of likely N-dealkylation sites (N-methyl/N-ethyl adjacent to an activating group) is 1. The predicted molar refractivity (Wildman–Crippen MR) is 269 cm³/mol. The molecule has 1 aliphatic carbocycles. The number of esters is 3. The maximum Gasteiger partial charge on any atom is 0.343 e. The molecule has 0 bridgehead atoms. The average molecular weight is 1030 g/mol. The van der Waals surface area contributed by atoms with Crippen LogP contribution in [0.25, 0.3) is 10.9 Å². The van der Waals surface area contributed by atoms with E-state index in [0.29, 0.717) is 43.8 Å². The van der Waals surface area contributed by atoms with Crippen molar-refractivity contribution in [2.75, 3.05) is 65.4 Å². The van der Waals surface area contributed by atoms with Gasteiger partial charge in [0.2, 0.25) is 11.3 Å². The molecular weight excluding hydrogens is 950 g/mol. The van der Waals surface area contributed by atoms with Crippen molar-refractivity contribution in [3.8, 4) is 0 Å². The van der Waals surface area contributed by atoms with Crippen LogP contribution in [0.2, 0.25) is 0 Å². The van der Waals surface area contributed by atoms with Gasteiger partial charge in [-0.05, 0) is 93.0 Å². The molecule has 4 heterocycles. The number of anilines is 1. The number of benzene rings is 1. The van der Waals surface area contributed by atoms with Crippen molar-refractivity contribution in [3.63, 3.8) is 0 Å². The zero-order chi connectivity index (χ0) is 53.9. The summed E-state index contributed by atoms with van der Waals surface area (Å²) in [5.74, 6) is -6.70. The Kier molecular flexibility index (Phi) is 19.0. The highest BCUT2D eigenvalue weighted by atomic mass is 19.1. The van der Waals surface area contributed by atoms with Gasteiger partial charge in [0, 0.05) is 68.4 Å². The second-order valence-electron chi connectivity index (χ2n) is 21.5. The highest BCUT2D eigenvalue weighted by Crippen LogP contribution is 2.40. The number of halogens is 1. The fraction of sp³-hybridized carbons (Fsp3) is 0.717. The number of ether oxygens (including phenoxy) is 6. The Labute approximate surface area is 428 Å². The molecule has 3 aliphatic heterocycles. The Bertz CT molecular complexity index is 2350. The molecule has 2 aromatic rings. The zero-order valence-electron chi connectivity index (χ0n) is 44.5. The maximum absolute atomic E-state index is 15.9. The first-order valence-corrected chi connectivity index (χ1v) is 25.8. The summed E-state index contributed by atoms with van der Waals surface area (Å²) in [4.78, 5) is 74.1. The van der Waals surface area contributed by atoms with E-state index < -0.39 is 107 Å². The van der Waals surface area contributed by atoms with Crippen LogP contribution in [-0.4, -0.2) is 180 Å². The smallest absolute Gasteiger partial charge is 0.343 e. The number of aliphatic hydroxyl groups excluding tert-OH is 2. The SMILES string of the molecule is C=CCO[C@]1(C)C[C@@H](C)NC(=O)[C@H](C)[C@@H](O)[C@](C)(O)[C@@H](CC)OC(=O)[C@H](C)[C@@H](OC(=O)CCN2CCN(c3cc4c(cc3F)c(=O)c(C(=O)OC)cn4C3CC3)CC2)[C@H](C)[C@H]1O[C@@H]1O[C@H](C)C[C@H](N(C)C)[C@H]1O. The van der Waals surface area contributed by atoms with Crippen LogP contribution in [0, 0.1) is 23.6 Å². The topological polar surface area (TPSA) is 228 Å². The van der Waals surface area contributed by atoms with Crippen LogP contribution in [0.3, 0.4) is 0 Å². The Morgan fingerprint density at radius 1 is 1.03 bits per heavy atom. The van der Waals surface area contributed by atoms with Crippen molar-refractivity contribution in [3.05, 3.63) is 52.6 Å². The number of pyridine rings is 1.